The zero-order valence-electron chi connectivity index (χ0n) is 13.5. The monoisotopic (exact) mass is 352 g/mol. The van der Waals surface area contributed by atoms with Crippen LogP contribution in [0.25, 0.3) is 0 Å². The predicted octanol–water partition coefficient (Wildman–Crippen LogP) is 3.91. The van der Waals surface area contributed by atoms with Gasteiger partial charge in [0.1, 0.15) is 0 Å². The van der Waals surface area contributed by atoms with Crippen molar-refractivity contribution in [1.82, 2.24) is 9.80 Å². The van der Waals surface area contributed by atoms with Gasteiger partial charge in [0.2, 0.25) is 5.91 Å². The molecule has 2 aliphatic heterocycles. The lowest BCUT2D eigenvalue weighted by Gasteiger charge is -2.37. The minimum Gasteiger partial charge on any atom is -0.341 e. The summed E-state index contributed by atoms with van der Waals surface area (Å²) in [6.07, 6.45) is 5.67. The van der Waals surface area contributed by atoms with Crippen molar-refractivity contribution in [2.45, 2.75) is 43.0 Å². The lowest BCUT2D eigenvalue weighted by Crippen LogP contribution is -2.49. The molecule has 2 heterocycles. The first-order chi connectivity index (χ1) is 11.2. The normalized spacial score (nSPS) is 22.5. The zero-order valence-corrected chi connectivity index (χ0v) is 15.1. The van der Waals surface area contributed by atoms with Crippen LogP contribution in [0.2, 0.25) is 5.02 Å². The number of piperidine rings is 1. The molecule has 0 spiro atoms. The summed E-state index contributed by atoms with van der Waals surface area (Å²) in [5.74, 6) is 1.15. The first-order valence-electron chi connectivity index (χ1n) is 8.62. The molecule has 0 saturated carbocycles. The van der Waals surface area contributed by atoms with Crippen LogP contribution in [0.3, 0.4) is 0 Å². The van der Waals surface area contributed by atoms with Crippen LogP contribution in [0.15, 0.2) is 29.2 Å². The van der Waals surface area contributed by atoms with E-state index in [1.165, 1.54) is 37.2 Å². The van der Waals surface area contributed by atoms with Crippen LogP contribution in [-0.2, 0) is 4.79 Å². The second-order valence-electron chi connectivity index (χ2n) is 6.43. The van der Waals surface area contributed by atoms with E-state index in [1.54, 1.807) is 11.8 Å². The summed E-state index contributed by atoms with van der Waals surface area (Å²) >= 11 is 7.62. The van der Waals surface area contributed by atoms with Gasteiger partial charge in [-0.3, -0.25) is 9.69 Å². The summed E-state index contributed by atoms with van der Waals surface area (Å²) in [5, 5.41) is 0.756. The van der Waals surface area contributed by atoms with E-state index in [1.807, 2.05) is 24.3 Å². The molecule has 1 aromatic carbocycles. The number of carbonyl (C=O) groups is 1. The summed E-state index contributed by atoms with van der Waals surface area (Å²) in [5.41, 5.74) is 0. The SMILES string of the molecule is O=C(CCSc1ccc(Cl)cc1)N1CCCC(N2CCCC2)C1. The fraction of sp³-hybridized carbons (Fsp3) is 0.611. The van der Waals surface area contributed by atoms with Crippen molar-refractivity contribution < 1.29 is 4.79 Å². The molecule has 0 N–H and O–H groups in total. The maximum atomic E-state index is 12.5. The van der Waals surface area contributed by atoms with E-state index >= 15 is 0 Å². The Morgan fingerprint density at radius 1 is 1.13 bits per heavy atom. The average Bonchev–Trinajstić information content (AvgIpc) is 3.11. The molecule has 1 aromatic rings. The molecule has 1 amide bonds. The lowest BCUT2D eigenvalue weighted by molar-refractivity contribution is -0.132. The van der Waals surface area contributed by atoms with Gasteiger partial charge in [0, 0.05) is 41.2 Å². The summed E-state index contributed by atoms with van der Waals surface area (Å²) in [7, 11) is 0. The molecule has 0 aliphatic carbocycles. The molecule has 0 bridgehead atoms. The van der Waals surface area contributed by atoms with Crippen LogP contribution in [-0.4, -0.2) is 53.7 Å². The molecule has 23 heavy (non-hydrogen) atoms. The summed E-state index contributed by atoms with van der Waals surface area (Å²) in [4.78, 5) is 18.3. The van der Waals surface area contributed by atoms with E-state index in [0.717, 1.165) is 30.3 Å². The minimum absolute atomic E-state index is 0.315. The number of thioether (sulfide) groups is 1. The highest BCUT2D eigenvalue weighted by Crippen LogP contribution is 2.23. The van der Waals surface area contributed by atoms with Crippen LogP contribution in [0.4, 0.5) is 0 Å². The number of nitrogens with zero attached hydrogens (tertiary/aromatic N) is 2. The second kappa shape index (κ2) is 8.41. The molecule has 1 unspecified atom stereocenters. The Bertz CT molecular complexity index is 516. The van der Waals surface area contributed by atoms with Gasteiger partial charge in [0.05, 0.1) is 0 Å². The topological polar surface area (TPSA) is 23.6 Å². The van der Waals surface area contributed by atoms with Gasteiger partial charge in [-0.1, -0.05) is 11.6 Å². The number of hydrogen-bond acceptors (Lipinski definition) is 3. The Hall–Kier alpha value is -0.710. The number of benzene rings is 1. The zero-order chi connectivity index (χ0) is 16.1. The van der Waals surface area contributed by atoms with Crippen molar-refractivity contribution in [1.29, 1.82) is 0 Å². The van der Waals surface area contributed by atoms with Gasteiger partial charge in [-0.25, -0.2) is 0 Å². The van der Waals surface area contributed by atoms with Crippen molar-refractivity contribution in [3.8, 4) is 0 Å². The highest BCUT2D eigenvalue weighted by Gasteiger charge is 2.28. The maximum Gasteiger partial charge on any atom is 0.223 e. The Kier molecular flexibility index (Phi) is 6.26. The van der Waals surface area contributed by atoms with Gasteiger partial charge in [0.25, 0.3) is 0 Å². The fourth-order valence-corrected chi connectivity index (χ4v) is 4.50. The van der Waals surface area contributed by atoms with Gasteiger partial charge in [-0.05, 0) is 63.0 Å². The minimum atomic E-state index is 0.315. The second-order valence-corrected chi connectivity index (χ2v) is 8.04. The fourth-order valence-electron chi connectivity index (χ4n) is 3.53. The van der Waals surface area contributed by atoms with E-state index in [9.17, 15) is 4.79 Å². The molecule has 5 heteroatoms. The van der Waals surface area contributed by atoms with E-state index in [2.05, 4.69) is 9.80 Å². The molecule has 3 rings (SSSR count). The largest absolute Gasteiger partial charge is 0.341 e. The third kappa shape index (κ3) is 4.88. The number of likely N-dealkylation sites (tertiary alicyclic amines) is 2. The third-order valence-corrected chi connectivity index (χ3v) is 6.07. The Morgan fingerprint density at radius 3 is 2.61 bits per heavy atom. The average molecular weight is 353 g/mol. The Balaban J connectivity index is 1.43. The molecular weight excluding hydrogens is 328 g/mol. The Morgan fingerprint density at radius 2 is 1.87 bits per heavy atom. The molecular formula is C18H25ClN2OS. The van der Waals surface area contributed by atoms with Crippen LogP contribution in [0.1, 0.15) is 32.1 Å². The first kappa shape index (κ1) is 17.1. The molecule has 2 saturated heterocycles. The quantitative estimate of drug-likeness (QED) is 0.751. The number of carbonyl (C=O) groups excluding carboxylic acids is 1. The number of amides is 1. The summed E-state index contributed by atoms with van der Waals surface area (Å²) < 4.78 is 0. The van der Waals surface area contributed by atoms with E-state index < -0.39 is 0 Å². The van der Waals surface area contributed by atoms with Gasteiger partial charge in [0.15, 0.2) is 0 Å². The van der Waals surface area contributed by atoms with E-state index in [-0.39, 0.29) is 0 Å². The molecule has 2 aliphatic rings. The van der Waals surface area contributed by atoms with Crippen LogP contribution in [0.5, 0.6) is 0 Å². The molecule has 1 atom stereocenters. The Labute approximate surface area is 148 Å². The van der Waals surface area contributed by atoms with Gasteiger partial charge in [-0.15, -0.1) is 11.8 Å². The first-order valence-corrected chi connectivity index (χ1v) is 9.99. The van der Waals surface area contributed by atoms with E-state index in [4.69, 9.17) is 11.6 Å². The van der Waals surface area contributed by atoms with Crippen LogP contribution in [0, 0.1) is 0 Å². The van der Waals surface area contributed by atoms with Gasteiger partial charge >= 0.3 is 0 Å². The standard InChI is InChI=1S/C18H25ClN2OS/c19-15-5-7-17(8-6-15)23-13-9-18(22)21-12-3-4-16(14-21)20-10-1-2-11-20/h5-8,16H,1-4,9-14H2. The van der Waals surface area contributed by atoms with Crippen molar-refractivity contribution in [3.63, 3.8) is 0 Å². The molecule has 3 nitrogen and oxygen atoms in total. The highest BCUT2D eigenvalue weighted by molar-refractivity contribution is 7.99. The molecule has 2 fully saturated rings. The number of rotatable bonds is 5. The van der Waals surface area contributed by atoms with Crippen molar-refractivity contribution in [2.75, 3.05) is 31.9 Å². The molecule has 0 radical (unpaired) electrons. The molecule has 126 valence electrons. The lowest BCUT2D eigenvalue weighted by atomic mass is 10.0. The van der Waals surface area contributed by atoms with Gasteiger partial charge in [-0.2, -0.15) is 0 Å². The smallest absolute Gasteiger partial charge is 0.223 e. The van der Waals surface area contributed by atoms with Crippen molar-refractivity contribution in [2.24, 2.45) is 0 Å². The summed E-state index contributed by atoms with van der Waals surface area (Å²) in [6.45, 7) is 4.32. The van der Waals surface area contributed by atoms with Crippen molar-refractivity contribution >= 4 is 29.3 Å². The molecule has 0 aromatic heterocycles. The maximum absolute atomic E-state index is 12.5. The van der Waals surface area contributed by atoms with Crippen LogP contribution >= 0.6 is 23.4 Å². The third-order valence-electron chi connectivity index (χ3n) is 4.80. The highest BCUT2D eigenvalue weighted by atomic mass is 35.5. The number of halogens is 1. The number of hydrogen-bond donors (Lipinski definition) is 0. The van der Waals surface area contributed by atoms with Crippen LogP contribution < -0.4 is 0 Å². The summed E-state index contributed by atoms with van der Waals surface area (Å²) in [6, 6.07) is 8.43. The van der Waals surface area contributed by atoms with Crippen molar-refractivity contribution in [3.05, 3.63) is 29.3 Å². The predicted molar refractivity (Wildman–Crippen MR) is 97.2 cm³/mol. The van der Waals surface area contributed by atoms with Gasteiger partial charge < -0.3 is 4.90 Å². The van der Waals surface area contributed by atoms with E-state index in [0.29, 0.717) is 18.4 Å².